The quantitative estimate of drug-likeness (QED) is 0.320. The summed E-state index contributed by atoms with van der Waals surface area (Å²) in [5.74, 6) is -0.844. The van der Waals surface area contributed by atoms with Gasteiger partial charge in [0.05, 0.1) is 17.1 Å². The van der Waals surface area contributed by atoms with Crippen LogP contribution in [0.4, 0.5) is 5.00 Å². The fourth-order valence-corrected chi connectivity index (χ4v) is 8.39. The summed E-state index contributed by atoms with van der Waals surface area (Å²) in [6.07, 6.45) is 5.64. The molecule has 0 radical (unpaired) electrons. The van der Waals surface area contributed by atoms with E-state index in [0.717, 1.165) is 55.6 Å². The summed E-state index contributed by atoms with van der Waals surface area (Å²) < 4.78 is 33.3. The van der Waals surface area contributed by atoms with Gasteiger partial charge in [-0.3, -0.25) is 9.69 Å². The Morgan fingerprint density at radius 2 is 1.76 bits per heavy atom. The number of esters is 1. The first-order valence-electron chi connectivity index (χ1n) is 14.2. The van der Waals surface area contributed by atoms with Gasteiger partial charge in [0.15, 0.2) is 0 Å². The standard InChI is InChI=1S/C31H37N3O5S2/c1-3-39-31(36)28-26-18-19-34(20-22-10-6-4-7-11-22)21-27(26)40-30(28)32-29(35)23-14-16-25(17-15-23)41(37,38)33(2)24-12-8-5-9-13-24/h4,6-7,10-11,14-17,24H,3,5,8-9,12-13,18-21H2,1-2H3,(H,32,35). The number of ether oxygens (including phenoxy) is 1. The average molecular weight is 596 g/mol. The van der Waals surface area contributed by atoms with Crippen molar-refractivity contribution in [1.29, 1.82) is 0 Å². The van der Waals surface area contributed by atoms with E-state index < -0.39 is 21.9 Å². The maximum Gasteiger partial charge on any atom is 0.341 e. The lowest BCUT2D eigenvalue weighted by Gasteiger charge is -2.30. The second kappa shape index (κ2) is 12.9. The molecule has 218 valence electrons. The third kappa shape index (κ3) is 6.56. The molecule has 0 spiro atoms. The SMILES string of the molecule is CCOC(=O)c1c(NC(=O)c2ccc(S(=O)(=O)N(C)C3CCCCC3)cc2)sc2c1CCN(Cc1ccccc1)C2. The van der Waals surface area contributed by atoms with Gasteiger partial charge in [-0.2, -0.15) is 4.31 Å². The normalized spacial score (nSPS) is 16.4. The third-order valence-electron chi connectivity index (χ3n) is 7.97. The number of amides is 1. The zero-order valence-electron chi connectivity index (χ0n) is 23.6. The number of anilines is 1. The predicted octanol–water partition coefficient (Wildman–Crippen LogP) is 5.69. The van der Waals surface area contributed by atoms with Gasteiger partial charge in [-0.15, -0.1) is 11.3 Å². The second-order valence-electron chi connectivity index (χ2n) is 10.7. The smallest absolute Gasteiger partial charge is 0.341 e. The van der Waals surface area contributed by atoms with Crippen LogP contribution in [-0.2, 0) is 34.3 Å². The summed E-state index contributed by atoms with van der Waals surface area (Å²) in [6.45, 7) is 4.28. The van der Waals surface area contributed by atoms with Crippen molar-refractivity contribution in [3.63, 3.8) is 0 Å². The number of hydrogen-bond acceptors (Lipinski definition) is 7. The monoisotopic (exact) mass is 595 g/mol. The minimum absolute atomic E-state index is 0.00602. The Bertz CT molecular complexity index is 1480. The van der Waals surface area contributed by atoms with Crippen molar-refractivity contribution in [2.75, 3.05) is 25.5 Å². The van der Waals surface area contributed by atoms with Crippen LogP contribution in [0.2, 0.25) is 0 Å². The minimum Gasteiger partial charge on any atom is -0.462 e. The molecular formula is C31H37N3O5S2. The number of nitrogens with zero attached hydrogens (tertiary/aromatic N) is 2. The molecule has 2 aromatic carbocycles. The summed E-state index contributed by atoms with van der Waals surface area (Å²) in [4.78, 5) is 29.8. The highest BCUT2D eigenvalue weighted by Crippen LogP contribution is 2.38. The van der Waals surface area contributed by atoms with Crippen LogP contribution in [0.25, 0.3) is 0 Å². The van der Waals surface area contributed by atoms with E-state index in [0.29, 0.717) is 29.1 Å². The second-order valence-corrected chi connectivity index (χ2v) is 13.8. The molecule has 2 heterocycles. The molecule has 1 aliphatic carbocycles. The lowest BCUT2D eigenvalue weighted by Crippen LogP contribution is -2.38. The van der Waals surface area contributed by atoms with Gasteiger partial charge in [-0.25, -0.2) is 13.2 Å². The first-order valence-corrected chi connectivity index (χ1v) is 16.5. The van der Waals surface area contributed by atoms with E-state index in [-0.39, 0.29) is 17.5 Å². The van der Waals surface area contributed by atoms with Gasteiger partial charge in [0.25, 0.3) is 5.91 Å². The fourth-order valence-electron chi connectivity index (χ4n) is 5.70. The molecule has 1 aromatic heterocycles. The number of hydrogen-bond donors (Lipinski definition) is 1. The molecular weight excluding hydrogens is 558 g/mol. The molecule has 8 nitrogen and oxygen atoms in total. The Morgan fingerprint density at radius 3 is 2.44 bits per heavy atom. The van der Waals surface area contributed by atoms with E-state index in [1.54, 1.807) is 14.0 Å². The van der Waals surface area contributed by atoms with E-state index in [1.807, 2.05) is 18.2 Å². The molecule has 5 rings (SSSR count). The molecule has 1 saturated carbocycles. The molecule has 1 N–H and O–H groups in total. The number of carbonyl (C=O) groups excluding carboxylic acids is 2. The molecule has 1 amide bonds. The third-order valence-corrected chi connectivity index (χ3v) is 11.0. The number of carbonyl (C=O) groups is 2. The summed E-state index contributed by atoms with van der Waals surface area (Å²) in [5, 5.41) is 3.39. The van der Waals surface area contributed by atoms with Crippen molar-refractivity contribution in [2.45, 2.75) is 69.5 Å². The Morgan fingerprint density at radius 1 is 1.05 bits per heavy atom. The van der Waals surface area contributed by atoms with Crippen molar-refractivity contribution >= 4 is 38.2 Å². The lowest BCUT2D eigenvalue weighted by atomic mass is 9.96. The van der Waals surface area contributed by atoms with Crippen LogP contribution in [0.1, 0.15) is 75.7 Å². The zero-order chi connectivity index (χ0) is 29.0. The first kappa shape index (κ1) is 29.4. The molecule has 10 heteroatoms. The van der Waals surface area contributed by atoms with E-state index >= 15 is 0 Å². The molecule has 0 unspecified atom stereocenters. The summed E-state index contributed by atoms with van der Waals surface area (Å²) >= 11 is 1.40. The van der Waals surface area contributed by atoms with Crippen LogP contribution in [0, 0.1) is 0 Å². The fraction of sp³-hybridized carbons (Fsp3) is 0.419. The van der Waals surface area contributed by atoms with Crippen LogP contribution < -0.4 is 5.32 Å². The number of rotatable bonds is 9. The van der Waals surface area contributed by atoms with Crippen molar-refractivity contribution in [3.8, 4) is 0 Å². The average Bonchev–Trinajstić information content (AvgIpc) is 3.35. The molecule has 0 saturated heterocycles. The molecule has 1 aliphatic heterocycles. The van der Waals surface area contributed by atoms with Crippen LogP contribution in [-0.4, -0.2) is 55.7 Å². The number of benzene rings is 2. The van der Waals surface area contributed by atoms with Gasteiger partial charge in [0, 0.05) is 43.2 Å². The van der Waals surface area contributed by atoms with Crippen molar-refractivity contribution in [2.24, 2.45) is 0 Å². The largest absolute Gasteiger partial charge is 0.462 e. The highest BCUT2D eigenvalue weighted by molar-refractivity contribution is 7.89. The van der Waals surface area contributed by atoms with Crippen LogP contribution >= 0.6 is 11.3 Å². The Hall–Kier alpha value is -3.05. The molecule has 41 heavy (non-hydrogen) atoms. The van der Waals surface area contributed by atoms with Gasteiger partial charge < -0.3 is 10.1 Å². The molecule has 0 bridgehead atoms. The van der Waals surface area contributed by atoms with Crippen LogP contribution in [0.3, 0.4) is 0 Å². The summed E-state index contributed by atoms with van der Waals surface area (Å²) in [6, 6.07) is 16.3. The number of fused-ring (bicyclic) bond motifs is 1. The number of nitrogens with one attached hydrogen (secondary N) is 1. The maximum atomic E-state index is 13.3. The molecule has 0 atom stereocenters. The molecule has 2 aliphatic rings. The van der Waals surface area contributed by atoms with Gasteiger partial charge in [0.1, 0.15) is 5.00 Å². The Kier molecular flexibility index (Phi) is 9.23. The van der Waals surface area contributed by atoms with E-state index in [2.05, 4.69) is 22.3 Å². The Labute approximate surface area is 246 Å². The number of thiophene rings is 1. The van der Waals surface area contributed by atoms with Gasteiger partial charge >= 0.3 is 5.97 Å². The van der Waals surface area contributed by atoms with Crippen LogP contribution in [0.5, 0.6) is 0 Å². The van der Waals surface area contributed by atoms with Crippen molar-refractivity contribution < 1.29 is 22.7 Å². The van der Waals surface area contributed by atoms with E-state index in [1.165, 1.54) is 45.5 Å². The highest BCUT2D eigenvalue weighted by Gasteiger charge is 2.31. The topological polar surface area (TPSA) is 96.0 Å². The maximum absolute atomic E-state index is 13.3. The van der Waals surface area contributed by atoms with E-state index in [9.17, 15) is 18.0 Å². The highest BCUT2D eigenvalue weighted by atomic mass is 32.2. The summed E-state index contributed by atoms with van der Waals surface area (Å²) in [7, 11) is -2.02. The first-order chi connectivity index (χ1) is 19.8. The number of sulfonamides is 1. The van der Waals surface area contributed by atoms with Gasteiger partial charge in [-0.05, 0) is 61.6 Å². The van der Waals surface area contributed by atoms with Crippen molar-refractivity contribution in [1.82, 2.24) is 9.21 Å². The summed E-state index contributed by atoms with van der Waals surface area (Å²) in [5.41, 5.74) is 2.89. The van der Waals surface area contributed by atoms with Gasteiger partial charge in [-0.1, -0.05) is 49.6 Å². The van der Waals surface area contributed by atoms with E-state index in [4.69, 9.17) is 4.74 Å². The molecule has 3 aromatic rings. The van der Waals surface area contributed by atoms with Crippen molar-refractivity contribution in [3.05, 3.63) is 81.7 Å². The van der Waals surface area contributed by atoms with Gasteiger partial charge in [0.2, 0.25) is 10.0 Å². The minimum atomic E-state index is -3.66. The predicted molar refractivity (Wildman–Crippen MR) is 161 cm³/mol. The lowest BCUT2D eigenvalue weighted by molar-refractivity contribution is 0.0526. The molecule has 1 fully saturated rings. The Balaban J connectivity index is 1.33. The van der Waals surface area contributed by atoms with Crippen LogP contribution in [0.15, 0.2) is 59.5 Å². The zero-order valence-corrected chi connectivity index (χ0v) is 25.2.